The van der Waals surface area contributed by atoms with Crippen LogP contribution < -0.4 is 4.72 Å². The van der Waals surface area contributed by atoms with Crippen molar-refractivity contribution < 1.29 is 17.9 Å². The second-order valence-electron chi connectivity index (χ2n) is 4.59. The SMILES string of the molecule is COC(=O)c1ccc(NS(=O)(=O)c2ccc(Br)c(C)c2)cc1. The zero-order valence-electron chi connectivity index (χ0n) is 12.0. The second kappa shape index (κ2) is 6.50. The Balaban J connectivity index is 2.25. The summed E-state index contributed by atoms with van der Waals surface area (Å²) in [6.07, 6.45) is 0. The summed E-state index contributed by atoms with van der Waals surface area (Å²) in [5.74, 6) is -0.474. The normalized spacial score (nSPS) is 11.0. The number of benzene rings is 2. The predicted molar refractivity (Wildman–Crippen MR) is 87.5 cm³/mol. The molecular formula is C15H14BrNO4S. The first-order valence-corrected chi connectivity index (χ1v) is 8.58. The minimum Gasteiger partial charge on any atom is -0.465 e. The highest BCUT2D eigenvalue weighted by Crippen LogP contribution is 2.22. The zero-order valence-corrected chi connectivity index (χ0v) is 14.4. The fourth-order valence-corrected chi connectivity index (χ4v) is 3.18. The zero-order chi connectivity index (χ0) is 16.3. The summed E-state index contributed by atoms with van der Waals surface area (Å²) in [4.78, 5) is 11.5. The molecule has 1 N–H and O–H groups in total. The quantitative estimate of drug-likeness (QED) is 0.821. The number of hydrogen-bond donors (Lipinski definition) is 1. The summed E-state index contributed by atoms with van der Waals surface area (Å²) >= 11 is 3.33. The first-order chi connectivity index (χ1) is 10.3. The first-order valence-electron chi connectivity index (χ1n) is 6.31. The van der Waals surface area contributed by atoms with Crippen molar-refractivity contribution in [2.24, 2.45) is 0 Å². The van der Waals surface area contributed by atoms with E-state index in [1.165, 1.54) is 37.4 Å². The molecule has 0 aliphatic rings. The maximum atomic E-state index is 12.3. The van der Waals surface area contributed by atoms with E-state index in [0.717, 1.165) is 10.0 Å². The molecule has 22 heavy (non-hydrogen) atoms. The molecule has 5 nitrogen and oxygen atoms in total. The van der Waals surface area contributed by atoms with Crippen molar-refractivity contribution in [1.82, 2.24) is 0 Å². The summed E-state index contributed by atoms with van der Waals surface area (Å²) in [5, 5.41) is 0. The Morgan fingerprint density at radius 1 is 1.14 bits per heavy atom. The third kappa shape index (κ3) is 3.66. The van der Waals surface area contributed by atoms with Crippen LogP contribution in [0, 0.1) is 6.92 Å². The number of methoxy groups -OCH3 is 1. The number of ether oxygens (including phenoxy) is 1. The van der Waals surface area contributed by atoms with Gasteiger partial charge in [0.1, 0.15) is 0 Å². The minimum atomic E-state index is -3.68. The van der Waals surface area contributed by atoms with Crippen LogP contribution in [0.3, 0.4) is 0 Å². The lowest BCUT2D eigenvalue weighted by atomic mass is 10.2. The van der Waals surface area contributed by atoms with Gasteiger partial charge in [0.25, 0.3) is 10.0 Å². The number of sulfonamides is 1. The van der Waals surface area contributed by atoms with Crippen molar-refractivity contribution in [2.75, 3.05) is 11.8 Å². The van der Waals surface area contributed by atoms with Gasteiger partial charge in [0, 0.05) is 10.2 Å². The van der Waals surface area contributed by atoms with Crippen LogP contribution in [0.25, 0.3) is 0 Å². The number of hydrogen-bond acceptors (Lipinski definition) is 4. The first kappa shape index (κ1) is 16.5. The van der Waals surface area contributed by atoms with E-state index in [1.807, 2.05) is 6.92 Å². The maximum Gasteiger partial charge on any atom is 0.337 e. The molecule has 0 heterocycles. The van der Waals surface area contributed by atoms with E-state index in [4.69, 9.17) is 0 Å². The van der Waals surface area contributed by atoms with E-state index in [1.54, 1.807) is 12.1 Å². The van der Waals surface area contributed by atoms with Crippen LogP contribution in [-0.2, 0) is 14.8 Å². The van der Waals surface area contributed by atoms with Crippen LogP contribution >= 0.6 is 15.9 Å². The number of carbonyl (C=O) groups is 1. The van der Waals surface area contributed by atoms with Gasteiger partial charge < -0.3 is 4.74 Å². The standard InChI is InChI=1S/C15H14BrNO4S/c1-10-9-13(7-8-14(10)16)22(19,20)17-12-5-3-11(4-6-12)15(18)21-2/h3-9,17H,1-2H3. The van der Waals surface area contributed by atoms with E-state index >= 15 is 0 Å². The molecule has 0 unspecified atom stereocenters. The van der Waals surface area contributed by atoms with Crippen molar-refractivity contribution in [2.45, 2.75) is 11.8 Å². The van der Waals surface area contributed by atoms with Gasteiger partial charge in [-0.2, -0.15) is 0 Å². The minimum absolute atomic E-state index is 0.172. The molecule has 0 aliphatic carbocycles. The van der Waals surface area contributed by atoms with Gasteiger partial charge in [0.2, 0.25) is 0 Å². The summed E-state index contributed by atoms with van der Waals surface area (Å²) < 4.78 is 32.5. The lowest BCUT2D eigenvalue weighted by Gasteiger charge is -2.09. The van der Waals surface area contributed by atoms with Crippen molar-refractivity contribution in [3.63, 3.8) is 0 Å². The van der Waals surface area contributed by atoms with Gasteiger partial charge >= 0.3 is 5.97 Å². The molecule has 0 fully saturated rings. The van der Waals surface area contributed by atoms with E-state index < -0.39 is 16.0 Å². The number of halogens is 1. The largest absolute Gasteiger partial charge is 0.465 e. The monoisotopic (exact) mass is 383 g/mol. The van der Waals surface area contributed by atoms with Crippen LogP contribution in [0.5, 0.6) is 0 Å². The Morgan fingerprint density at radius 3 is 2.32 bits per heavy atom. The molecule has 2 rings (SSSR count). The number of carbonyl (C=O) groups excluding carboxylic acids is 1. The Kier molecular flexibility index (Phi) is 4.87. The molecule has 7 heteroatoms. The lowest BCUT2D eigenvalue weighted by molar-refractivity contribution is 0.0601. The number of anilines is 1. The van der Waals surface area contributed by atoms with Crippen molar-refractivity contribution in [3.8, 4) is 0 Å². The molecule has 0 bridgehead atoms. The Morgan fingerprint density at radius 2 is 1.77 bits per heavy atom. The number of esters is 1. The van der Waals surface area contributed by atoms with Gasteiger partial charge in [-0.3, -0.25) is 4.72 Å². The van der Waals surface area contributed by atoms with Crippen LogP contribution in [0.4, 0.5) is 5.69 Å². The molecule has 0 saturated heterocycles. The molecule has 2 aromatic rings. The van der Waals surface area contributed by atoms with Gasteiger partial charge in [0.15, 0.2) is 0 Å². The van der Waals surface area contributed by atoms with Crippen molar-refractivity contribution in [3.05, 3.63) is 58.1 Å². The molecule has 0 aromatic heterocycles. The molecule has 0 amide bonds. The van der Waals surface area contributed by atoms with Gasteiger partial charge in [-0.05, 0) is 55.0 Å². The Labute approximate surface area is 137 Å². The summed E-state index contributed by atoms with van der Waals surface area (Å²) in [7, 11) is -2.39. The highest BCUT2D eigenvalue weighted by molar-refractivity contribution is 9.10. The van der Waals surface area contributed by atoms with Gasteiger partial charge in [0.05, 0.1) is 17.6 Å². The highest BCUT2D eigenvalue weighted by atomic mass is 79.9. The molecule has 0 aliphatic heterocycles. The molecular weight excluding hydrogens is 370 g/mol. The molecule has 0 saturated carbocycles. The molecule has 0 atom stereocenters. The highest BCUT2D eigenvalue weighted by Gasteiger charge is 2.15. The van der Waals surface area contributed by atoms with Crippen molar-refractivity contribution in [1.29, 1.82) is 0 Å². The Bertz CT molecular complexity index is 801. The topological polar surface area (TPSA) is 72.5 Å². The maximum absolute atomic E-state index is 12.3. The fraction of sp³-hybridized carbons (Fsp3) is 0.133. The van der Waals surface area contributed by atoms with Crippen LogP contribution in [0.1, 0.15) is 15.9 Å². The van der Waals surface area contributed by atoms with Crippen LogP contribution in [0.15, 0.2) is 51.8 Å². The lowest BCUT2D eigenvalue weighted by Crippen LogP contribution is -2.13. The fourth-order valence-electron chi connectivity index (χ4n) is 1.79. The number of rotatable bonds is 4. The summed E-state index contributed by atoms with van der Waals surface area (Å²) in [6, 6.07) is 10.8. The predicted octanol–water partition coefficient (Wildman–Crippen LogP) is 3.34. The average Bonchev–Trinajstić information content (AvgIpc) is 2.49. The summed E-state index contributed by atoms with van der Waals surface area (Å²) in [5.41, 5.74) is 1.54. The second-order valence-corrected chi connectivity index (χ2v) is 7.12. The van der Waals surface area contributed by atoms with E-state index in [9.17, 15) is 13.2 Å². The molecule has 0 spiro atoms. The Hall–Kier alpha value is -1.86. The smallest absolute Gasteiger partial charge is 0.337 e. The molecule has 116 valence electrons. The van der Waals surface area contributed by atoms with Gasteiger partial charge in [-0.15, -0.1) is 0 Å². The average molecular weight is 384 g/mol. The van der Waals surface area contributed by atoms with Crippen molar-refractivity contribution >= 4 is 37.6 Å². The third-order valence-electron chi connectivity index (χ3n) is 3.00. The molecule has 2 aromatic carbocycles. The van der Waals surface area contributed by atoms with E-state index in [-0.39, 0.29) is 4.90 Å². The van der Waals surface area contributed by atoms with E-state index in [0.29, 0.717) is 11.3 Å². The summed E-state index contributed by atoms with van der Waals surface area (Å²) in [6.45, 7) is 1.81. The van der Waals surface area contributed by atoms with Gasteiger partial charge in [-0.1, -0.05) is 15.9 Å². The van der Waals surface area contributed by atoms with Gasteiger partial charge in [-0.25, -0.2) is 13.2 Å². The van der Waals surface area contributed by atoms with E-state index in [2.05, 4.69) is 25.4 Å². The number of aryl methyl sites for hydroxylation is 1. The van der Waals surface area contributed by atoms with Crippen LogP contribution in [0.2, 0.25) is 0 Å². The molecule has 0 radical (unpaired) electrons. The number of nitrogens with one attached hydrogen (secondary N) is 1. The third-order valence-corrected chi connectivity index (χ3v) is 5.27. The van der Waals surface area contributed by atoms with Crippen LogP contribution in [-0.4, -0.2) is 21.5 Å².